The topological polar surface area (TPSA) is 37.8 Å². The number of rotatable bonds is 1. The molecule has 1 aromatic heterocycles. The van der Waals surface area contributed by atoms with Gasteiger partial charge in [0.2, 0.25) is 0 Å². The van der Waals surface area contributed by atoms with Crippen LogP contribution in [-0.2, 0) is 0 Å². The molecular formula is C11H15N3. The van der Waals surface area contributed by atoms with E-state index in [1.165, 1.54) is 31.5 Å². The van der Waals surface area contributed by atoms with Crippen LogP contribution in [0.15, 0.2) is 18.6 Å². The minimum absolute atomic E-state index is 0.608. The van der Waals surface area contributed by atoms with Crippen molar-refractivity contribution < 1.29 is 0 Å². The van der Waals surface area contributed by atoms with Crippen molar-refractivity contribution in [2.24, 2.45) is 5.92 Å². The largest absolute Gasteiger partial charge is 0.313 e. The minimum atomic E-state index is 0.608. The molecule has 0 radical (unpaired) electrons. The van der Waals surface area contributed by atoms with E-state index < -0.39 is 0 Å². The van der Waals surface area contributed by atoms with Crippen molar-refractivity contribution in [2.75, 3.05) is 6.54 Å². The van der Waals surface area contributed by atoms with E-state index in [9.17, 15) is 0 Å². The first-order valence-corrected chi connectivity index (χ1v) is 5.43. The lowest BCUT2D eigenvalue weighted by atomic mass is 9.73. The number of nitrogens with zero attached hydrogens (tertiary/aromatic N) is 2. The average Bonchev–Trinajstić information content (AvgIpc) is 2.32. The Morgan fingerprint density at radius 2 is 2.29 bits per heavy atom. The molecule has 3 heterocycles. The molecule has 2 bridgehead atoms. The lowest BCUT2D eigenvalue weighted by Crippen LogP contribution is -2.49. The Morgan fingerprint density at radius 3 is 2.86 bits per heavy atom. The van der Waals surface area contributed by atoms with Gasteiger partial charge in [-0.3, -0.25) is 9.97 Å². The van der Waals surface area contributed by atoms with E-state index >= 15 is 0 Å². The minimum Gasteiger partial charge on any atom is -0.313 e. The molecule has 3 unspecified atom stereocenters. The smallest absolute Gasteiger partial charge is 0.0633 e. The molecule has 3 atom stereocenters. The third kappa shape index (κ3) is 1.32. The SMILES string of the molecule is c1cnc(C2CC3CCC2NC3)cn1. The molecule has 0 spiro atoms. The fraction of sp³-hybridized carbons (Fsp3) is 0.636. The molecule has 3 nitrogen and oxygen atoms in total. The Balaban J connectivity index is 1.86. The van der Waals surface area contributed by atoms with Crippen LogP contribution in [0.4, 0.5) is 0 Å². The number of fused-ring (bicyclic) bond motifs is 3. The van der Waals surface area contributed by atoms with E-state index in [2.05, 4.69) is 15.3 Å². The molecule has 3 aliphatic rings. The fourth-order valence-electron chi connectivity index (χ4n) is 2.83. The van der Waals surface area contributed by atoms with Crippen molar-refractivity contribution in [1.29, 1.82) is 0 Å². The molecule has 1 saturated carbocycles. The van der Waals surface area contributed by atoms with Crippen LogP contribution in [0.25, 0.3) is 0 Å². The van der Waals surface area contributed by atoms with Crippen LogP contribution in [0.5, 0.6) is 0 Å². The summed E-state index contributed by atoms with van der Waals surface area (Å²) < 4.78 is 0. The quantitative estimate of drug-likeness (QED) is 0.724. The summed E-state index contributed by atoms with van der Waals surface area (Å²) >= 11 is 0. The Hall–Kier alpha value is -0.960. The van der Waals surface area contributed by atoms with E-state index in [0.29, 0.717) is 12.0 Å². The van der Waals surface area contributed by atoms with E-state index in [1.807, 2.05) is 6.20 Å². The van der Waals surface area contributed by atoms with Gasteiger partial charge < -0.3 is 5.32 Å². The molecule has 14 heavy (non-hydrogen) atoms. The Bertz CT molecular complexity index is 304. The van der Waals surface area contributed by atoms with Gasteiger partial charge in [0.05, 0.1) is 5.69 Å². The third-order valence-electron chi connectivity index (χ3n) is 3.59. The van der Waals surface area contributed by atoms with Crippen LogP contribution in [0.1, 0.15) is 30.9 Å². The standard InChI is InChI=1S/C11H15N3/c1-2-10-9(5-8(1)6-14-10)11-7-12-3-4-13-11/h3-4,7-10,14H,1-2,5-6H2. The molecule has 4 rings (SSSR count). The highest BCUT2D eigenvalue weighted by Gasteiger charge is 2.36. The number of hydrogen-bond donors (Lipinski definition) is 1. The van der Waals surface area contributed by atoms with Crippen LogP contribution >= 0.6 is 0 Å². The van der Waals surface area contributed by atoms with Gasteiger partial charge in [0, 0.05) is 30.6 Å². The van der Waals surface area contributed by atoms with E-state index in [-0.39, 0.29) is 0 Å². The number of aromatic nitrogens is 2. The van der Waals surface area contributed by atoms with Crippen molar-refractivity contribution in [3.05, 3.63) is 24.3 Å². The van der Waals surface area contributed by atoms with Gasteiger partial charge in [-0.05, 0) is 31.7 Å². The molecule has 3 heteroatoms. The van der Waals surface area contributed by atoms with Crippen molar-refractivity contribution in [3.63, 3.8) is 0 Å². The summed E-state index contributed by atoms with van der Waals surface area (Å²) in [4.78, 5) is 8.57. The first-order valence-electron chi connectivity index (χ1n) is 5.43. The highest BCUT2D eigenvalue weighted by Crippen LogP contribution is 2.38. The van der Waals surface area contributed by atoms with Gasteiger partial charge in [0.1, 0.15) is 0 Å². The third-order valence-corrected chi connectivity index (χ3v) is 3.59. The summed E-state index contributed by atoms with van der Waals surface area (Å²) in [5.74, 6) is 1.48. The van der Waals surface area contributed by atoms with E-state index in [1.54, 1.807) is 12.4 Å². The maximum absolute atomic E-state index is 4.42. The average molecular weight is 189 g/mol. The summed E-state index contributed by atoms with van der Waals surface area (Å²) in [6.45, 7) is 1.21. The summed E-state index contributed by atoms with van der Waals surface area (Å²) in [6, 6.07) is 0.650. The molecule has 74 valence electrons. The summed E-state index contributed by atoms with van der Waals surface area (Å²) in [7, 11) is 0. The van der Waals surface area contributed by atoms with Crippen molar-refractivity contribution in [2.45, 2.75) is 31.2 Å². The van der Waals surface area contributed by atoms with Crippen LogP contribution in [0.3, 0.4) is 0 Å². The molecule has 2 saturated heterocycles. The fourth-order valence-corrected chi connectivity index (χ4v) is 2.83. The van der Waals surface area contributed by atoms with Crippen LogP contribution in [0.2, 0.25) is 0 Å². The van der Waals surface area contributed by atoms with Crippen molar-refractivity contribution >= 4 is 0 Å². The van der Waals surface area contributed by atoms with E-state index in [0.717, 1.165) is 5.92 Å². The van der Waals surface area contributed by atoms with Crippen molar-refractivity contribution in [3.8, 4) is 0 Å². The van der Waals surface area contributed by atoms with Gasteiger partial charge in [-0.15, -0.1) is 0 Å². The zero-order valence-corrected chi connectivity index (χ0v) is 8.19. The maximum atomic E-state index is 4.42. The first kappa shape index (κ1) is 8.36. The second-order valence-electron chi connectivity index (χ2n) is 4.43. The second-order valence-corrected chi connectivity index (χ2v) is 4.43. The molecular weight excluding hydrogens is 174 g/mol. The van der Waals surface area contributed by atoms with Crippen LogP contribution in [-0.4, -0.2) is 22.6 Å². The summed E-state index contributed by atoms with van der Waals surface area (Å²) in [6.07, 6.45) is 9.49. The molecule has 1 aromatic rings. The number of hydrogen-bond acceptors (Lipinski definition) is 3. The number of nitrogens with one attached hydrogen (secondary N) is 1. The Morgan fingerprint density at radius 1 is 1.29 bits per heavy atom. The number of piperidine rings is 2. The molecule has 0 amide bonds. The zero-order chi connectivity index (χ0) is 9.38. The normalized spacial score (nSPS) is 35.9. The highest BCUT2D eigenvalue weighted by molar-refractivity contribution is 5.11. The molecule has 0 aromatic carbocycles. The van der Waals surface area contributed by atoms with Gasteiger partial charge >= 0.3 is 0 Å². The predicted octanol–water partition coefficient (Wildman–Crippen LogP) is 1.33. The Labute approximate surface area is 84.0 Å². The molecule has 3 fully saturated rings. The summed E-state index contributed by atoms with van der Waals surface area (Å²) in [5, 5.41) is 3.60. The van der Waals surface area contributed by atoms with Gasteiger partial charge in [0.25, 0.3) is 0 Å². The lowest BCUT2D eigenvalue weighted by molar-refractivity contribution is 0.180. The van der Waals surface area contributed by atoms with Gasteiger partial charge in [0.15, 0.2) is 0 Å². The predicted molar refractivity (Wildman–Crippen MR) is 53.9 cm³/mol. The Kier molecular flexibility index (Phi) is 1.98. The van der Waals surface area contributed by atoms with Gasteiger partial charge in [-0.2, -0.15) is 0 Å². The van der Waals surface area contributed by atoms with E-state index in [4.69, 9.17) is 0 Å². The van der Waals surface area contributed by atoms with Crippen LogP contribution in [0, 0.1) is 5.92 Å². The maximum Gasteiger partial charge on any atom is 0.0633 e. The highest BCUT2D eigenvalue weighted by atomic mass is 15.0. The molecule has 2 aliphatic heterocycles. The first-order chi connectivity index (χ1) is 6.93. The second kappa shape index (κ2) is 3.31. The monoisotopic (exact) mass is 189 g/mol. The summed E-state index contributed by atoms with van der Waals surface area (Å²) in [5.41, 5.74) is 1.18. The molecule has 1 aliphatic carbocycles. The van der Waals surface area contributed by atoms with Gasteiger partial charge in [-0.1, -0.05) is 0 Å². The van der Waals surface area contributed by atoms with Crippen LogP contribution < -0.4 is 5.32 Å². The molecule has 1 N–H and O–H groups in total. The lowest BCUT2D eigenvalue weighted by Gasteiger charge is -2.42. The van der Waals surface area contributed by atoms with Gasteiger partial charge in [-0.25, -0.2) is 0 Å². The van der Waals surface area contributed by atoms with Crippen molar-refractivity contribution in [1.82, 2.24) is 15.3 Å². The zero-order valence-electron chi connectivity index (χ0n) is 8.19.